The minimum absolute atomic E-state index is 0.114. The number of carbonyl (C=O) groups is 2. The number of amides is 1. The summed E-state index contributed by atoms with van der Waals surface area (Å²) in [7, 11) is 0. The van der Waals surface area contributed by atoms with Gasteiger partial charge in [-0.1, -0.05) is 29.5 Å². The predicted octanol–water partition coefficient (Wildman–Crippen LogP) is 6.39. The highest BCUT2D eigenvalue weighted by Crippen LogP contribution is 2.39. The van der Waals surface area contributed by atoms with Gasteiger partial charge in [0.2, 0.25) is 0 Å². The minimum atomic E-state index is -0.655. The average molecular weight is 609 g/mol. The Hall–Kier alpha value is -4.06. The fourth-order valence-corrected chi connectivity index (χ4v) is 5.98. The van der Waals surface area contributed by atoms with E-state index in [1.54, 1.807) is 40.8 Å². The maximum atomic E-state index is 15.3. The number of carbonyl (C=O) groups excluding carboxylic acids is 2. The van der Waals surface area contributed by atoms with Crippen molar-refractivity contribution in [2.75, 3.05) is 24.5 Å². The number of thiazole rings is 1. The Kier molecular flexibility index (Phi) is 7.93. The first-order valence-electron chi connectivity index (χ1n) is 14.2. The van der Waals surface area contributed by atoms with Crippen LogP contribution in [0.4, 0.5) is 15.0 Å². The number of benzene rings is 1. The fourth-order valence-electron chi connectivity index (χ4n) is 5.06. The highest BCUT2D eigenvalue weighted by molar-refractivity contribution is 7.16. The van der Waals surface area contributed by atoms with Crippen LogP contribution in [-0.2, 0) is 9.47 Å². The van der Waals surface area contributed by atoms with E-state index in [9.17, 15) is 9.59 Å². The molecule has 1 aromatic carbocycles. The minimum Gasteiger partial charge on any atom is -0.456 e. The topological polar surface area (TPSA) is 103 Å². The molecule has 43 heavy (non-hydrogen) atoms. The number of halogens is 1. The second kappa shape index (κ2) is 11.2. The van der Waals surface area contributed by atoms with Crippen LogP contribution in [0.3, 0.4) is 0 Å². The summed E-state index contributed by atoms with van der Waals surface area (Å²) in [5.74, 6) is -0.213. The average Bonchev–Trinajstić information content (AvgIpc) is 3.48. The van der Waals surface area contributed by atoms with E-state index in [0.29, 0.717) is 63.3 Å². The first-order valence-corrected chi connectivity index (χ1v) is 15.0. The highest BCUT2D eigenvalue weighted by atomic mass is 32.1. The van der Waals surface area contributed by atoms with E-state index in [1.807, 2.05) is 48.5 Å². The summed E-state index contributed by atoms with van der Waals surface area (Å²) >= 11 is 1.19. The van der Waals surface area contributed by atoms with E-state index in [1.165, 1.54) is 23.7 Å². The summed E-state index contributed by atoms with van der Waals surface area (Å²) in [5, 5.41) is 1.15. The molecule has 0 spiro atoms. The van der Waals surface area contributed by atoms with Crippen molar-refractivity contribution in [3.05, 3.63) is 53.2 Å². The monoisotopic (exact) mass is 608 g/mol. The lowest BCUT2D eigenvalue weighted by Gasteiger charge is -2.41. The Morgan fingerprint density at radius 1 is 1.00 bits per heavy atom. The number of hydrogen-bond donors (Lipinski definition) is 0. The molecule has 10 nitrogen and oxygen atoms in total. The van der Waals surface area contributed by atoms with Crippen LogP contribution in [0.25, 0.3) is 27.3 Å². The zero-order chi connectivity index (χ0) is 31.3. The number of esters is 1. The zero-order valence-electron chi connectivity index (χ0n) is 25.8. The maximum absolute atomic E-state index is 15.3. The smallest absolute Gasteiger partial charge is 0.410 e. The third kappa shape index (κ3) is 6.34. The molecule has 0 unspecified atom stereocenters. The SMILES string of the molecule is Cc1nc(-n2cc(-c3ccccc3F)c3c(N4CCN(C(=O)OC(C)(C)C)C[C@@H]4C)ncnc32)sc1C(=O)OC(C)(C)C. The number of aromatic nitrogens is 4. The summed E-state index contributed by atoms with van der Waals surface area (Å²) < 4.78 is 28.2. The standard InChI is InChI=1S/C31H37FN6O4S/c1-18-15-36(29(40)42-31(6,7)8)13-14-37(18)25-23-21(20-11-9-10-12-22(20)32)16-38(26(23)34-17-33-25)28-35-19(2)24(43-28)27(39)41-30(3,4)5/h9-12,16-18H,13-15H2,1-8H3/t18-/m0/s1. The van der Waals surface area contributed by atoms with E-state index < -0.39 is 17.2 Å². The van der Waals surface area contributed by atoms with Gasteiger partial charge in [0.1, 0.15) is 34.0 Å². The highest BCUT2D eigenvalue weighted by Gasteiger charge is 2.33. The van der Waals surface area contributed by atoms with Crippen LogP contribution < -0.4 is 4.90 Å². The Morgan fingerprint density at radius 3 is 2.35 bits per heavy atom. The summed E-state index contributed by atoms with van der Waals surface area (Å²) in [4.78, 5) is 43.9. The van der Waals surface area contributed by atoms with Crippen LogP contribution in [0.1, 0.15) is 63.8 Å². The number of nitrogens with zero attached hydrogens (tertiary/aromatic N) is 6. The van der Waals surface area contributed by atoms with Crippen molar-refractivity contribution in [2.24, 2.45) is 0 Å². The van der Waals surface area contributed by atoms with Crippen molar-refractivity contribution in [3.63, 3.8) is 0 Å². The lowest BCUT2D eigenvalue weighted by atomic mass is 10.0. The predicted molar refractivity (Wildman–Crippen MR) is 164 cm³/mol. The van der Waals surface area contributed by atoms with Crippen molar-refractivity contribution >= 4 is 40.3 Å². The summed E-state index contributed by atoms with van der Waals surface area (Å²) in [5.41, 5.74) is 0.795. The van der Waals surface area contributed by atoms with Gasteiger partial charge in [0, 0.05) is 43.0 Å². The molecule has 4 aromatic rings. The van der Waals surface area contributed by atoms with Gasteiger partial charge in [-0.2, -0.15) is 0 Å². The van der Waals surface area contributed by atoms with Crippen LogP contribution in [-0.4, -0.2) is 73.4 Å². The van der Waals surface area contributed by atoms with E-state index in [2.05, 4.69) is 19.9 Å². The lowest BCUT2D eigenvalue weighted by Crippen LogP contribution is -2.54. The molecule has 1 fully saturated rings. The van der Waals surface area contributed by atoms with Gasteiger partial charge < -0.3 is 19.3 Å². The van der Waals surface area contributed by atoms with Crippen molar-refractivity contribution in [1.29, 1.82) is 0 Å². The van der Waals surface area contributed by atoms with Crippen LogP contribution in [0.2, 0.25) is 0 Å². The Morgan fingerprint density at radius 2 is 1.70 bits per heavy atom. The quantitative estimate of drug-likeness (QED) is 0.246. The van der Waals surface area contributed by atoms with Gasteiger partial charge in [-0.25, -0.2) is 28.9 Å². The van der Waals surface area contributed by atoms with E-state index >= 15 is 4.39 Å². The first-order chi connectivity index (χ1) is 20.1. The zero-order valence-corrected chi connectivity index (χ0v) is 26.6. The van der Waals surface area contributed by atoms with Gasteiger partial charge in [-0.15, -0.1) is 0 Å². The number of fused-ring (bicyclic) bond motifs is 1. The van der Waals surface area contributed by atoms with Crippen LogP contribution >= 0.6 is 11.3 Å². The molecule has 4 heterocycles. The van der Waals surface area contributed by atoms with Crippen molar-refractivity contribution in [3.8, 4) is 16.3 Å². The molecule has 0 bridgehead atoms. The molecule has 3 aromatic heterocycles. The second-order valence-electron chi connectivity index (χ2n) is 12.7. The van der Waals surface area contributed by atoms with Gasteiger partial charge in [0.25, 0.3) is 0 Å². The Bertz CT molecular complexity index is 1690. The summed E-state index contributed by atoms with van der Waals surface area (Å²) in [6, 6.07) is 6.44. The lowest BCUT2D eigenvalue weighted by molar-refractivity contribution is 0.00733. The molecule has 12 heteroatoms. The number of ether oxygens (including phenoxy) is 2. The number of piperazine rings is 1. The second-order valence-corrected chi connectivity index (χ2v) is 13.6. The Balaban J connectivity index is 1.60. The van der Waals surface area contributed by atoms with Gasteiger partial charge in [-0.3, -0.25) is 4.57 Å². The van der Waals surface area contributed by atoms with Crippen LogP contribution in [0, 0.1) is 12.7 Å². The largest absolute Gasteiger partial charge is 0.456 e. The van der Waals surface area contributed by atoms with E-state index in [4.69, 9.17) is 9.47 Å². The van der Waals surface area contributed by atoms with Gasteiger partial charge >= 0.3 is 12.1 Å². The molecule has 0 saturated carbocycles. The molecule has 0 aliphatic carbocycles. The molecule has 0 radical (unpaired) electrons. The molecule has 0 N–H and O–H groups in total. The third-order valence-corrected chi connectivity index (χ3v) is 7.99. The fraction of sp³-hybridized carbons (Fsp3) is 0.452. The molecule has 1 saturated heterocycles. The summed E-state index contributed by atoms with van der Waals surface area (Å²) in [6.07, 6.45) is 2.91. The molecule has 5 rings (SSSR count). The van der Waals surface area contributed by atoms with Crippen LogP contribution in [0.15, 0.2) is 36.8 Å². The van der Waals surface area contributed by atoms with Crippen molar-refractivity contribution in [2.45, 2.75) is 72.6 Å². The van der Waals surface area contributed by atoms with E-state index in [0.717, 1.165) is 0 Å². The molecular weight excluding hydrogens is 571 g/mol. The normalized spacial score (nSPS) is 16.1. The van der Waals surface area contributed by atoms with Crippen molar-refractivity contribution in [1.82, 2.24) is 24.4 Å². The van der Waals surface area contributed by atoms with Gasteiger partial charge in [-0.05, 0) is 61.5 Å². The number of aryl methyl sites for hydroxylation is 1. The number of hydrogen-bond acceptors (Lipinski definition) is 9. The van der Waals surface area contributed by atoms with Crippen LogP contribution in [0.5, 0.6) is 0 Å². The number of rotatable bonds is 4. The third-order valence-electron chi connectivity index (χ3n) is 6.85. The molecule has 1 aliphatic rings. The first kappa shape index (κ1) is 30.4. The number of anilines is 1. The maximum Gasteiger partial charge on any atom is 0.410 e. The molecule has 1 atom stereocenters. The van der Waals surface area contributed by atoms with E-state index in [-0.39, 0.29) is 18.0 Å². The molecule has 1 aliphatic heterocycles. The van der Waals surface area contributed by atoms with Crippen molar-refractivity contribution < 1.29 is 23.5 Å². The summed E-state index contributed by atoms with van der Waals surface area (Å²) in [6.45, 7) is 16.1. The molecule has 1 amide bonds. The molecule has 228 valence electrons. The van der Waals surface area contributed by atoms with Gasteiger partial charge in [0.15, 0.2) is 10.8 Å². The van der Waals surface area contributed by atoms with Gasteiger partial charge in [0.05, 0.1) is 11.1 Å². The molecular formula is C31H37FN6O4S. The Labute approximate surface area is 254 Å².